The Hall–Kier alpha value is -2.27. The lowest BCUT2D eigenvalue weighted by Crippen LogP contribution is -2.70. The molecule has 0 unspecified atom stereocenters. The first-order valence-electron chi connectivity index (χ1n) is 10.2. The topological polar surface area (TPSA) is 154 Å². The number of amides is 1. The normalized spacial score (nSPS) is 25.4. The first-order chi connectivity index (χ1) is 14.1. The fraction of sp³-hybridized carbons (Fsp3) is 0.842. The van der Waals surface area contributed by atoms with E-state index in [1.54, 1.807) is 0 Å². The molecular weight excluding hydrogens is 400 g/mol. The summed E-state index contributed by atoms with van der Waals surface area (Å²) in [7, 11) is 0. The van der Waals surface area contributed by atoms with Gasteiger partial charge in [0.05, 0.1) is 19.3 Å². The summed E-state index contributed by atoms with van der Waals surface area (Å²) in [4.78, 5) is 48.7. The molecule has 1 saturated carbocycles. The van der Waals surface area contributed by atoms with Crippen molar-refractivity contribution in [2.45, 2.75) is 84.3 Å². The molecule has 2 N–H and O–H groups in total. The summed E-state index contributed by atoms with van der Waals surface area (Å²) in [5.74, 6) is -2.82. The standard InChI is InChI=1S/C19H32N2O9/c1-6-12(7-2)30-15-14(20-11(5)22)13(21(26)27)10-19(16(15)23,17(24)28-8-3)18(25)29-9-4/h12-16,23H,6-10H2,1-5H3,(H,20,22)/t13-,14-,15+,16-/m1/s1. The summed E-state index contributed by atoms with van der Waals surface area (Å²) in [5.41, 5.74) is -2.35. The van der Waals surface area contributed by atoms with E-state index in [4.69, 9.17) is 14.2 Å². The number of aliphatic hydroxyl groups excluding tert-OH is 1. The molecule has 11 nitrogen and oxygen atoms in total. The zero-order chi connectivity index (χ0) is 23.1. The third kappa shape index (κ3) is 5.25. The fourth-order valence-electron chi connectivity index (χ4n) is 3.77. The number of esters is 2. The van der Waals surface area contributed by atoms with Crippen molar-refractivity contribution >= 4 is 17.8 Å². The Balaban J connectivity index is 3.63. The van der Waals surface area contributed by atoms with Crippen molar-refractivity contribution < 1.29 is 38.6 Å². The fourth-order valence-corrected chi connectivity index (χ4v) is 3.77. The predicted molar refractivity (Wildman–Crippen MR) is 104 cm³/mol. The second-order valence-corrected chi connectivity index (χ2v) is 7.18. The molecule has 1 aliphatic rings. The van der Waals surface area contributed by atoms with Gasteiger partial charge < -0.3 is 24.6 Å². The van der Waals surface area contributed by atoms with E-state index in [0.29, 0.717) is 12.8 Å². The number of hydrogen-bond donors (Lipinski definition) is 2. The van der Waals surface area contributed by atoms with Crippen molar-refractivity contribution in [1.29, 1.82) is 0 Å². The Morgan fingerprint density at radius 2 is 1.63 bits per heavy atom. The van der Waals surface area contributed by atoms with Crippen LogP contribution in [-0.2, 0) is 28.6 Å². The molecule has 1 amide bonds. The van der Waals surface area contributed by atoms with Gasteiger partial charge in [0.15, 0.2) is 5.41 Å². The van der Waals surface area contributed by atoms with Gasteiger partial charge in [0.1, 0.15) is 18.2 Å². The molecule has 0 aromatic carbocycles. The Morgan fingerprint density at radius 1 is 1.13 bits per heavy atom. The molecule has 0 bridgehead atoms. The van der Waals surface area contributed by atoms with E-state index in [1.807, 2.05) is 13.8 Å². The first-order valence-corrected chi connectivity index (χ1v) is 10.2. The molecule has 1 fully saturated rings. The Bertz CT molecular complexity index is 617. The van der Waals surface area contributed by atoms with E-state index in [9.17, 15) is 29.6 Å². The van der Waals surface area contributed by atoms with Crippen LogP contribution >= 0.6 is 0 Å². The molecule has 0 saturated heterocycles. The smallest absolute Gasteiger partial charge is 0.326 e. The molecule has 0 heterocycles. The first kappa shape index (κ1) is 25.8. The predicted octanol–water partition coefficient (Wildman–Crippen LogP) is 0.587. The van der Waals surface area contributed by atoms with Gasteiger partial charge in [-0.25, -0.2) is 0 Å². The van der Waals surface area contributed by atoms with E-state index < -0.39 is 65.0 Å². The summed E-state index contributed by atoms with van der Waals surface area (Å²) in [6.45, 7) is 7.63. The summed E-state index contributed by atoms with van der Waals surface area (Å²) in [6, 6.07) is -2.85. The number of nitrogens with zero attached hydrogens (tertiary/aromatic N) is 1. The zero-order valence-electron chi connectivity index (χ0n) is 18.1. The summed E-state index contributed by atoms with van der Waals surface area (Å²) < 4.78 is 15.9. The molecule has 0 spiro atoms. The summed E-state index contributed by atoms with van der Waals surface area (Å²) in [5, 5.41) is 25.5. The molecule has 0 aromatic heterocycles. The Labute approximate surface area is 175 Å². The number of nitrogens with one attached hydrogen (secondary N) is 1. The van der Waals surface area contributed by atoms with Crippen molar-refractivity contribution in [3.8, 4) is 0 Å². The molecule has 0 radical (unpaired) electrons. The number of nitro groups is 1. The summed E-state index contributed by atoms with van der Waals surface area (Å²) in [6.07, 6.45) is -3.33. The van der Waals surface area contributed by atoms with Gasteiger partial charge in [-0.1, -0.05) is 13.8 Å². The van der Waals surface area contributed by atoms with Crippen LogP contribution in [0.5, 0.6) is 0 Å². The zero-order valence-corrected chi connectivity index (χ0v) is 18.1. The van der Waals surface area contributed by atoms with Crippen LogP contribution in [0.2, 0.25) is 0 Å². The van der Waals surface area contributed by atoms with Crippen molar-refractivity contribution in [2.75, 3.05) is 13.2 Å². The number of carbonyl (C=O) groups is 3. The van der Waals surface area contributed by atoms with Crippen LogP contribution < -0.4 is 5.32 Å². The number of carbonyl (C=O) groups excluding carboxylic acids is 3. The van der Waals surface area contributed by atoms with Crippen LogP contribution in [0.3, 0.4) is 0 Å². The number of aliphatic hydroxyl groups is 1. The maximum Gasteiger partial charge on any atom is 0.326 e. The van der Waals surface area contributed by atoms with E-state index in [-0.39, 0.29) is 13.2 Å². The quantitative estimate of drug-likeness (QED) is 0.218. The second kappa shape index (κ2) is 11.2. The van der Waals surface area contributed by atoms with E-state index >= 15 is 0 Å². The molecule has 0 aromatic rings. The van der Waals surface area contributed by atoms with Crippen molar-refractivity contribution in [3.63, 3.8) is 0 Å². The largest absolute Gasteiger partial charge is 0.465 e. The van der Waals surface area contributed by atoms with Crippen molar-refractivity contribution in [1.82, 2.24) is 5.32 Å². The Kier molecular flexibility index (Phi) is 9.63. The van der Waals surface area contributed by atoms with Crippen LogP contribution in [-0.4, -0.2) is 71.5 Å². The average molecular weight is 432 g/mol. The van der Waals surface area contributed by atoms with E-state index in [0.717, 1.165) is 0 Å². The molecule has 1 rings (SSSR count). The van der Waals surface area contributed by atoms with E-state index in [2.05, 4.69) is 5.32 Å². The second-order valence-electron chi connectivity index (χ2n) is 7.18. The van der Waals surface area contributed by atoms with Gasteiger partial charge >= 0.3 is 11.9 Å². The van der Waals surface area contributed by atoms with Crippen LogP contribution in [0.4, 0.5) is 0 Å². The highest BCUT2D eigenvalue weighted by Crippen LogP contribution is 2.42. The van der Waals surface area contributed by atoms with Crippen LogP contribution in [0.15, 0.2) is 0 Å². The van der Waals surface area contributed by atoms with Gasteiger partial charge in [0, 0.05) is 18.3 Å². The lowest BCUT2D eigenvalue weighted by atomic mass is 9.66. The lowest BCUT2D eigenvalue weighted by Gasteiger charge is -2.46. The molecular formula is C19H32N2O9. The van der Waals surface area contributed by atoms with Gasteiger partial charge in [-0.3, -0.25) is 24.5 Å². The van der Waals surface area contributed by atoms with Crippen molar-refractivity contribution in [2.24, 2.45) is 5.41 Å². The molecule has 172 valence electrons. The molecule has 4 atom stereocenters. The number of hydrogen-bond acceptors (Lipinski definition) is 9. The minimum Gasteiger partial charge on any atom is -0.465 e. The minimum absolute atomic E-state index is 0.108. The van der Waals surface area contributed by atoms with Crippen molar-refractivity contribution in [3.05, 3.63) is 10.1 Å². The maximum atomic E-state index is 12.9. The SMILES string of the molecule is CCOC(=O)C1(C(=O)OCC)C[C@@H]([N+](=O)[O-])[C@@H](NC(C)=O)[C@H](OC(CC)CC)[C@H]1O. The van der Waals surface area contributed by atoms with Gasteiger partial charge in [-0.2, -0.15) is 0 Å². The summed E-state index contributed by atoms with van der Waals surface area (Å²) >= 11 is 0. The highest BCUT2D eigenvalue weighted by Gasteiger charge is 2.67. The van der Waals surface area contributed by atoms with Crippen LogP contribution in [0.1, 0.15) is 53.9 Å². The van der Waals surface area contributed by atoms with Gasteiger partial charge in [0.25, 0.3) is 0 Å². The average Bonchev–Trinajstić information content (AvgIpc) is 2.67. The molecule has 30 heavy (non-hydrogen) atoms. The molecule has 11 heteroatoms. The van der Waals surface area contributed by atoms with Crippen LogP contribution in [0.25, 0.3) is 0 Å². The third-order valence-electron chi connectivity index (χ3n) is 5.30. The van der Waals surface area contributed by atoms with Crippen LogP contribution in [0, 0.1) is 15.5 Å². The van der Waals surface area contributed by atoms with E-state index in [1.165, 1.54) is 20.8 Å². The minimum atomic E-state index is -2.35. The monoisotopic (exact) mass is 432 g/mol. The lowest BCUT2D eigenvalue weighted by molar-refractivity contribution is -0.537. The number of rotatable bonds is 10. The Morgan fingerprint density at radius 3 is 2.00 bits per heavy atom. The van der Waals surface area contributed by atoms with Gasteiger partial charge in [-0.05, 0) is 26.7 Å². The highest BCUT2D eigenvalue weighted by molar-refractivity contribution is 6.01. The highest BCUT2D eigenvalue weighted by atomic mass is 16.6. The number of ether oxygens (including phenoxy) is 3. The third-order valence-corrected chi connectivity index (χ3v) is 5.30. The molecule has 1 aliphatic carbocycles. The van der Waals surface area contributed by atoms with Gasteiger partial charge in [0.2, 0.25) is 11.9 Å². The molecule has 0 aliphatic heterocycles. The van der Waals surface area contributed by atoms with Gasteiger partial charge in [-0.15, -0.1) is 0 Å². The maximum absolute atomic E-state index is 12.9.